The molecule has 0 saturated heterocycles. The molecule has 9 nitrogen and oxygen atoms in total. The Kier molecular flexibility index (Phi) is 4.33. The SMILES string of the molecule is Cc1cc(NC(=O)CN(C)S(=O)(=O)c2c(C)n[nH]c2C)no1. The number of nitrogens with one attached hydrogen (secondary N) is 2. The molecular formula is C12H17N5O4S. The largest absolute Gasteiger partial charge is 0.360 e. The molecule has 2 aromatic rings. The summed E-state index contributed by atoms with van der Waals surface area (Å²) in [5.41, 5.74) is 0.786. The molecule has 0 saturated carbocycles. The summed E-state index contributed by atoms with van der Waals surface area (Å²) in [6, 6.07) is 1.54. The van der Waals surface area contributed by atoms with Crippen molar-refractivity contribution in [2.24, 2.45) is 0 Å². The highest BCUT2D eigenvalue weighted by Crippen LogP contribution is 2.20. The number of hydrogen-bond acceptors (Lipinski definition) is 6. The number of carbonyl (C=O) groups excluding carboxylic acids is 1. The minimum atomic E-state index is -3.80. The van der Waals surface area contributed by atoms with Crippen molar-refractivity contribution in [1.82, 2.24) is 19.7 Å². The van der Waals surface area contributed by atoms with Crippen LogP contribution >= 0.6 is 0 Å². The van der Waals surface area contributed by atoms with Crippen LogP contribution in [0.5, 0.6) is 0 Å². The zero-order valence-electron chi connectivity index (χ0n) is 12.7. The van der Waals surface area contributed by atoms with E-state index in [1.807, 2.05) is 0 Å². The van der Waals surface area contributed by atoms with E-state index in [-0.39, 0.29) is 17.3 Å². The standard InChI is InChI=1S/C12H17N5O4S/c1-7-5-10(16-21-7)13-11(18)6-17(4)22(19,20)12-8(2)14-15-9(12)3/h5H,6H2,1-4H3,(H,14,15)(H,13,16,18). The monoisotopic (exact) mass is 327 g/mol. The average Bonchev–Trinajstić information content (AvgIpc) is 2.95. The molecular weight excluding hydrogens is 310 g/mol. The minimum Gasteiger partial charge on any atom is -0.360 e. The molecule has 22 heavy (non-hydrogen) atoms. The molecule has 2 N–H and O–H groups in total. The summed E-state index contributed by atoms with van der Waals surface area (Å²) in [5.74, 6) is 0.267. The Hall–Kier alpha value is -2.20. The third kappa shape index (κ3) is 3.17. The lowest BCUT2D eigenvalue weighted by Crippen LogP contribution is -2.35. The molecule has 0 radical (unpaired) electrons. The molecule has 0 fully saturated rings. The van der Waals surface area contributed by atoms with E-state index in [4.69, 9.17) is 4.52 Å². The van der Waals surface area contributed by atoms with Crippen LogP contribution in [0.4, 0.5) is 5.82 Å². The van der Waals surface area contributed by atoms with Crippen molar-refractivity contribution >= 4 is 21.7 Å². The molecule has 0 atom stereocenters. The molecule has 2 rings (SSSR count). The van der Waals surface area contributed by atoms with Crippen molar-refractivity contribution < 1.29 is 17.7 Å². The summed E-state index contributed by atoms with van der Waals surface area (Å²) in [6.07, 6.45) is 0. The number of likely N-dealkylation sites (N-methyl/N-ethyl adjacent to an activating group) is 1. The fraction of sp³-hybridized carbons (Fsp3) is 0.417. The van der Waals surface area contributed by atoms with Gasteiger partial charge in [-0.3, -0.25) is 9.89 Å². The zero-order chi connectivity index (χ0) is 16.5. The highest BCUT2D eigenvalue weighted by Gasteiger charge is 2.28. The smallest absolute Gasteiger partial charge is 0.246 e. The van der Waals surface area contributed by atoms with Gasteiger partial charge < -0.3 is 9.84 Å². The molecule has 0 aromatic carbocycles. The molecule has 10 heteroatoms. The fourth-order valence-corrected chi connectivity index (χ4v) is 3.42. The lowest BCUT2D eigenvalue weighted by Gasteiger charge is -2.16. The molecule has 2 aromatic heterocycles. The molecule has 1 amide bonds. The van der Waals surface area contributed by atoms with Crippen molar-refractivity contribution in [3.63, 3.8) is 0 Å². The second-order valence-electron chi connectivity index (χ2n) is 4.90. The molecule has 2 heterocycles. The van der Waals surface area contributed by atoms with Gasteiger partial charge in [-0.1, -0.05) is 5.16 Å². The summed E-state index contributed by atoms with van der Waals surface area (Å²) < 4.78 is 30.7. The summed E-state index contributed by atoms with van der Waals surface area (Å²) in [5, 5.41) is 12.6. The summed E-state index contributed by atoms with van der Waals surface area (Å²) >= 11 is 0. The van der Waals surface area contributed by atoms with E-state index < -0.39 is 15.9 Å². The van der Waals surface area contributed by atoms with E-state index in [1.54, 1.807) is 20.8 Å². The van der Waals surface area contributed by atoms with Crippen LogP contribution in [-0.4, -0.2) is 47.6 Å². The van der Waals surface area contributed by atoms with E-state index in [0.717, 1.165) is 4.31 Å². The molecule has 0 bridgehead atoms. The molecule has 0 aliphatic heterocycles. The number of nitrogens with zero attached hydrogens (tertiary/aromatic N) is 3. The van der Waals surface area contributed by atoms with Gasteiger partial charge in [-0.25, -0.2) is 8.42 Å². The number of rotatable bonds is 5. The first kappa shape index (κ1) is 16.2. The maximum Gasteiger partial charge on any atom is 0.246 e. The number of aromatic nitrogens is 3. The number of H-pyrrole nitrogens is 1. The Bertz CT molecular complexity index is 773. The van der Waals surface area contributed by atoms with Crippen LogP contribution in [0.3, 0.4) is 0 Å². The molecule has 0 unspecified atom stereocenters. The Morgan fingerprint density at radius 3 is 2.59 bits per heavy atom. The van der Waals surface area contributed by atoms with Crippen LogP contribution in [0.25, 0.3) is 0 Å². The predicted molar refractivity (Wildman–Crippen MR) is 77.7 cm³/mol. The lowest BCUT2D eigenvalue weighted by atomic mass is 10.4. The van der Waals surface area contributed by atoms with Gasteiger partial charge in [0.25, 0.3) is 0 Å². The molecule has 120 valence electrons. The topological polar surface area (TPSA) is 121 Å². The van der Waals surface area contributed by atoms with Crippen molar-refractivity contribution in [1.29, 1.82) is 0 Å². The molecule has 0 aliphatic carbocycles. The fourth-order valence-electron chi connectivity index (χ4n) is 1.97. The van der Waals surface area contributed by atoms with Gasteiger partial charge in [0.15, 0.2) is 5.82 Å². The predicted octanol–water partition coefficient (Wildman–Crippen LogP) is 0.582. The first-order chi connectivity index (χ1) is 10.2. The second-order valence-corrected chi connectivity index (χ2v) is 6.88. The summed E-state index contributed by atoms with van der Waals surface area (Å²) in [6.45, 7) is 4.53. The third-order valence-electron chi connectivity index (χ3n) is 2.99. The van der Waals surface area contributed by atoms with E-state index >= 15 is 0 Å². The quantitative estimate of drug-likeness (QED) is 0.828. The van der Waals surface area contributed by atoms with E-state index in [2.05, 4.69) is 20.7 Å². The third-order valence-corrected chi connectivity index (χ3v) is 5.06. The maximum atomic E-state index is 12.5. The first-order valence-electron chi connectivity index (χ1n) is 6.43. The van der Waals surface area contributed by atoms with Gasteiger partial charge in [-0.2, -0.15) is 9.40 Å². The van der Waals surface area contributed by atoms with Gasteiger partial charge in [-0.05, 0) is 20.8 Å². The number of aryl methyl sites for hydroxylation is 3. The van der Waals surface area contributed by atoms with E-state index in [1.165, 1.54) is 13.1 Å². The minimum absolute atomic E-state index is 0.0834. The number of sulfonamides is 1. The van der Waals surface area contributed by atoms with Crippen LogP contribution < -0.4 is 5.32 Å². The van der Waals surface area contributed by atoms with Crippen LogP contribution in [0.1, 0.15) is 17.1 Å². The lowest BCUT2D eigenvalue weighted by molar-refractivity contribution is -0.116. The van der Waals surface area contributed by atoms with Crippen molar-refractivity contribution in [2.75, 3.05) is 18.9 Å². The van der Waals surface area contributed by atoms with Crippen LogP contribution in [0.15, 0.2) is 15.5 Å². The van der Waals surface area contributed by atoms with Gasteiger partial charge in [0.2, 0.25) is 15.9 Å². The number of amides is 1. The maximum absolute atomic E-state index is 12.5. The highest BCUT2D eigenvalue weighted by atomic mass is 32.2. The zero-order valence-corrected chi connectivity index (χ0v) is 13.5. The summed E-state index contributed by atoms with van der Waals surface area (Å²) in [4.78, 5) is 12.0. The molecule has 0 spiro atoms. The van der Waals surface area contributed by atoms with Crippen molar-refractivity contribution in [3.8, 4) is 0 Å². The van der Waals surface area contributed by atoms with Gasteiger partial charge in [-0.15, -0.1) is 0 Å². The number of hydrogen-bond donors (Lipinski definition) is 2. The Labute approximate surface area is 127 Å². The van der Waals surface area contributed by atoms with Crippen LogP contribution in [0, 0.1) is 20.8 Å². The van der Waals surface area contributed by atoms with Gasteiger partial charge >= 0.3 is 0 Å². The highest BCUT2D eigenvalue weighted by molar-refractivity contribution is 7.89. The van der Waals surface area contributed by atoms with Crippen LogP contribution in [-0.2, 0) is 14.8 Å². The van der Waals surface area contributed by atoms with Gasteiger partial charge in [0.05, 0.1) is 17.9 Å². The molecule has 0 aliphatic rings. The van der Waals surface area contributed by atoms with E-state index in [9.17, 15) is 13.2 Å². The Morgan fingerprint density at radius 1 is 1.41 bits per heavy atom. The summed E-state index contributed by atoms with van der Waals surface area (Å²) in [7, 11) is -2.48. The van der Waals surface area contributed by atoms with Crippen molar-refractivity contribution in [2.45, 2.75) is 25.7 Å². The Morgan fingerprint density at radius 2 is 2.09 bits per heavy atom. The number of carbonyl (C=O) groups is 1. The van der Waals surface area contributed by atoms with Crippen molar-refractivity contribution in [3.05, 3.63) is 23.2 Å². The second kappa shape index (κ2) is 5.89. The normalized spacial score (nSPS) is 11.9. The van der Waals surface area contributed by atoms with Gasteiger partial charge in [0.1, 0.15) is 10.7 Å². The first-order valence-corrected chi connectivity index (χ1v) is 7.87. The number of anilines is 1. The van der Waals surface area contributed by atoms with E-state index in [0.29, 0.717) is 17.1 Å². The number of aromatic amines is 1. The Balaban J connectivity index is 2.11. The van der Waals surface area contributed by atoms with Crippen LogP contribution in [0.2, 0.25) is 0 Å². The van der Waals surface area contributed by atoms with Gasteiger partial charge in [0, 0.05) is 13.1 Å². The average molecular weight is 327 g/mol.